The minimum Gasteiger partial charge on any atom is -0.493 e. The number of amides is 1. The highest BCUT2D eigenvalue weighted by Crippen LogP contribution is 2.28. The Morgan fingerprint density at radius 1 is 1.21 bits per heavy atom. The fourth-order valence-electron chi connectivity index (χ4n) is 2.84. The lowest BCUT2D eigenvalue weighted by Gasteiger charge is -2.13. The monoisotopic (exact) mass is 392 g/mol. The number of hydrogen-bond acceptors (Lipinski definition) is 5. The van der Waals surface area contributed by atoms with Crippen molar-refractivity contribution in [3.05, 3.63) is 72.3 Å². The van der Waals surface area contributed by atoms with Gasteiger partial charge in [-0.3, -0.25) is 4.79 Å². The van der Waals surface area contributed by atoms with Crippen molar-refractivity contribution in [2.24, 2.45) is 0 Å². The average Bonchev–Trinajstić information content (AvgIpc) is 3.28. The molecule has 1 heterocycles. The van der Waals surface area contributed by atoms with Gasteiger partial charge in [-0.2, -0.15) is 5.10 Å². The molecule has 2 aromatic carbocycles. The zero-order chi connectivity index (χ0) is 20.6. The van der Waals surface area contributed by atoms with E-state index in [9.17, 15) is 4.79 Å². The summed E-state index contributed by atoms with van der Waals surface area (Å²) in [6.45, 7) is 4.42. The van der Waals surface area contributed by atoms with Gasteiger partial charge in [-0.15, -0.1) is 0 Å². The van der Waals surface area contributed by atoms with Crippen molar-refractivity contribution in [1.29, 1.82) is 0 Å². The van der Waals surface area contributed by atoms with Gasteiger partial charge in [0.2, 0.25) is 5.91 Å². The molecule has 3 rings (SSSR count). The summed E-state index contributed by atoms with van der Waals surface area (Å²) in [6.07, 6.45) is 6.38. The van der Waals surface area contributed by atoms with Gasteiger partial charge in [0, 0.05) is 6.08 Å². The van der Waals surface area contributed by atoms with E-state index in [1.165, 1.54) is 12.4 Å². The topological polar surface area (TPSA) is 78.3 Å². The first-order valence-corrected chi connectivity index (χ1v) is 9.35. The van der Waals surface area contributed by atoms with E-state index < -0.39 is 0 Å². The highest BCUT2D eigenvalue weighted by atomic mass is 16.5. The minimum atomic E-state index is -0.175. The summed E-state index contributed by atoms with van der Waals surface area (Å²) in [5.41, 5.74) is 2.76. The fourth-order valence-corrected chi connectivity index (χ4v) is 2.84. The first-order valence-electron chi connectivity index (χ1n) is 9.35. The summed E-state index contributed by atoms with van der Waals surface area (Å²) >= 11 is 0. The van der Waals surface area contributed by atoms with E-state index in [0.717, 1.165) is 16.8 Å². The van der Waals surface area contributed by atoms with Crippen molar-refractivity contribution in [2.75, 3.05) is 13.7 Å². The molecule has 1 unspecified atom stereocenters. The number of carbonyl (C=O) groups excluding carboxylic acids is 1. The summed E-state index contributed by atoms with van der Waals surface area (Å²) in [4.78, 5) is 16.2. The Bertz CT molecular complexity index is 966. The Morgan fingerprint density at radius 3 is 2.66 bits per heavy atom. The second kappa shape index (κ2) is 9.54. The van der Waals surface area contributed by atoms with Crippen LogP contribution in [-0.2, 0) is 4.79 Å². The molecule has 1 atom stereocenters. The molecule has 29 heavy (non-hydrogen) atoms. The molecule has 3 aromatic rings. The lowest BCUT2D eigenvalue weighted by Crippen LogP contribution is -2.24. The number of nitrogens with zero attached hydrogens (tertiary/aromatic N) is 3. The van der Waals surface area contributed by atoms with Crippen LogP contribution >= 0.6 is 0 Å². The van der Waals surface area contributed by atoms with Crippen LogP contribution in [0.2, 0.25) is 0 Å². The summed E-state index contributed by atoms with van der Waals surface area (Å²) in [7, 11) is 1.59. The normalized spacial score (nSPS) is 12.0. The molecule has 150 valence electrons. The first kappa shape index (κ1) is 20.1. The van der Waals surface area contributed by atoms with Crippen molar-refractivity contribution in [2.45, 2.75) is 19.9 Å². The van der Waals surface area contributed by atoms with Gasteiger partial charge in [0.1, 0.15) is 12.7 Å². The number of rotatable bonds is 8. The number of nitrogens with one attached hydrogen (secondary N) is 1. The Morgan fingerprint density at radius 2 is 2.00 bits per heavy atom. The van der Waals surface area contributed by atoms with Crippen LogP contribution in [-0.4, -0.2) is 34.4 Å². The largest absolute Gasteiger partial charge is 0.493 e. The number of ether oxygens (including phenoxy) is 2. The zero-order valence-electron chi connectivity index (χ0n) is 16.7. The van der Waals surface area contributed by atoms with E-state index in [1.807, 2.05) is 56.3 Å². The quantitative estimate of drug-likeness (QED) is 0.593. The van der Waals surface area contributed by atoms with Crippen LogP contribution in [0, 0.1) is 0 Å². The standard InChI is InChI=1S/C22H24N4O3/c1-4-29-20-11-5-17(13-21(20)28-3)6-12-22(27)25-16(2)18-7-9-19(10-8-18)26-15-23-14-24-26/h5-16H,4H2,1-3H3,(H,25,27)/b12-6+. The molecule has 1 amide bonds. The predicted octanol–water partition coefficient (Wildman–Crippen LogP) is 3.57. The molecular formula is C22H24N4O3. The second-order valence-corrected chi connectivity index (χ2v) is 6.34. The van der Waals surface area contributed by atoms with Crippen LogP contribution in [0.25, 0.3) is 11.8 Å². The van der Waals surface area contributed by atoms with Gasteiger partial charge in [0.05, 0.1) is 25.4 Å². The maximum Gasteiger partial charge on any atom is 0.244 e. The van der Waals surface area contributed by atoms with E-state index in [4.69, 9.17) is 9.47 Å². The van der Waals surface area contributed by atoms with Crippen LogP contribution in [0.1, 0.15) is 31.0 Å². The molecule has 0 aliphatic rings. The number of carbonyl (C=O) groups is 1. The van der Waals surface area contributed by atoms with E-state index in [0.29, 0.717) is 18.1 Å². The van der Waals surface area contributed by atoms with Gasteiger partial charge in [-0.05, 0) is 55.3 Å². The molecule has 0 radical (unpaired) electrons. The summed E-state index contributed by atoms with van der Waals surface area (Å²) in [5, 5.41) is 7.06. The first-order chi connectivity index (χ1) is 14.1. The molecule has 7 heteroatoms. The zero-order valence-corrected chi connectivity index (χ0v) is 16.7. The molecule has 0 fully saturated rings. The van der Waals surface area contributed by atoms with E-state index >= 15 is 0 Å². The van der Waals surface area contributed by atoms with Gasteiger partial charge >= 0.3 is 0 Å². The summed E-state index contributed by atoms with van der Waals surface area (Å²) in [6, 6.07) is 13.2. The van der Waals surface area contributed by atoms with Gasteiger partial charge in [0.15, 0.2) is 11.5 Å². The SMILES string of the molecule is CCOc1ccc(/C=C/C(=O)NC(C)c2ccc(-n3cncn3)cc2)cc1OC. The number of aromatic nitrogens is 3. The maximum atomic E-state index is 12.3. The molecular weight excluding hydrogens is 368 g/mol. The highest BCUT2D eigenvalue weighted by Gasteiger charge is 2.09. The molecule has 1 N–H and O–H groups in total. The summed E-state index contributed by atoms with van der Waals surface area (Å²) in [5.74, 6) is 1.14. The predicted molar refractivity (Wildman–Crippen MR) is 111 cm³/mol. The van der Waals surface area contributed by atoms with Crippen LogP contribution in [0.5, 0.6) is 11.5 Å². The van der Waals surface area contributed by atoms with Gasteiger partial charge in [-0.1, -0.05) is 18.2 Å². The smallest absolute Gasteiger partial charge is 0.244 e. The van der Waals surface area contributed by atoms with Gasteiger partial charge in [-0.25, -0.2) is 9.67 Å². The Hall–Kier alpha value is -3.61. The van der Waals surface area contributed by atoms with Crippen molar-refractivity contribution in [3.8, 4) is 17.2 Å². The lowest BCUT2D eigenvalue weighted by atomic mass is 10.1. The highest BCUT2D eigenvalue weighted by molar-refractivity contribution is 5.92. The lowest BCUT2D eigenvalue weighted by molar-refractivity contribution is -0.117. The van der Waals surface area contributed by atoms with Crippen LogP contribution in [0.15, 0.2) is 61.2 Å². The van der Waals surface area contributed by atoms with E-state index in [1.54, 1.807) is 24.2 Å². The van der Waals surface area contributed by atoms with Crippen molar-refractivity contribution >= 4 is 12.0 Å². The van der Waals surface area contributed by atoms with E-state index in [-0.39, 0.29) is 11.9 Å². The third-order valence-corrected chi connectivity index (χ3v) is 4.35. The fraction of sp³-hybridized carbons (Fsp3) is 0.227. The van der Waals surface area contributed by atoms with Crippen LogP contribution < -0.4 is 14.8 Å². The van der Waals surface area contributed by atoms with Gasteiger partial charge in [0.25, 0.3) is 0 Å². The van der Waals surface area contributed by atoms with Crippen LogP contribution in [0.3, 0.4) is 0 Å². The van der Waals surface area contributed by atoms with Crippen molar-refractivity contribution in [3.63, 3.8) is 0 Å². The molecule has 0 bridgehead atoms. The Kier molecular flexibility index (Phi) is 6.63. The van der Waals surface area contributed by atoms with Crippen LogP contribution in [0.4, 0.5) is 0 Å². The molecule has 0 spiro atoms. The second-order valence-electron chi connectivity index (χ2n) is 6.34. The Labute approximate surface area is 170 Å². The molecule has 1 aromatic heterocycles. The third-order valence-electron chi connectivity index (χ3n) is 4.35. The Balaban J connectivity index is 1.61. The number of methoxy groups -OCH3 is 1. The van der Waals surface area contributed by atoms with E-state index in [2.05, 4.69) is 15.4 Å². The molecule has 0 saturated carbocycles. The van der Waals surface area contributed by atoms with Crippen molar-refractivity contribution in [1.82, 2.24) is 20.1 Å². The molecule has 7 nitrogen and oxygen atoms in total. The molecule has 0 saturated heterocycles. The minimum absolute atomic E-state index is 0.133. The number of benzene rings is 2. The van der Waals surface area contributed by atoms with Gasteiger partial charge < -0.3 is 14.8 Å². The van der Waals surface area contributed by atoms with Crippen molar-refractivity contribution < 1.29 is 14.3 Å². The third kappa shape index (κ3) is 5.22. The summed E-state index contributed by atoms with van der Waals surface area (Å²) < 4.78 is 12.5. The maximum absolute atomic E-state index is 12.3. The number of hydrogen-bond donors (Lipinski definition) is 1. The average molecular weight is 392 g/mol. The molecule has 0 aliphatic carbocycles. The molecule has 0 aliphatic heterocycles.